The number of hydrogen-bond acceptors (Lipinski definition) is 5. The normalized spacial score (nSPS) is 24.2. The Labute approximate surface area is 154 Å². The molecule has 2 saturated heterocycles. The minimum absolute atomic E-state index is 0.0153. The van der Waals surface area contributed by atoms with Gasteiger partial charge < -0.3 is 24.6 Å². The Hall–Kier alpha value is -1.86. The summed E-state index contributed by atoms with van der Waals surface area (Å²) in [5.74, 6) is 0.937. The number of rotatable bonds is 7. The average Bonchev–Trinajstić information content (AvgIpc) is 3.16. The van der Waals surface area contributed by atoms with Gasteiger partial charge in [-0.2, -0.15) is 0 Å². The van der Waals surface area contributed by atoms with Crippen LogP contribution in [-0.4, -0.2) is 66.1 Å². The molecule has 2 fully saturated rings. The van der Waals surface area contributed by atoms with Crippen molar-refractivity contribution in [1.82, 2.24) is 15.1 Å². The number of piperidine rings is 2. The van der Waals surface area contributed by atoms with Crippen LogP contribution in [0.4, 0.5) is 0 Å². The van der Waals surface area contributed by atoms with Crippen LogP contribution < -0.4 is 5.32 Å². The molecule has 0 aromatic carbocycles. The first-order valence-electron chi connectivity index (χ1n) is 9.50. The van der Waals surface area contributed by atoms with Crippen LogP contribution in [0, 0.1) is 5.41 Å². The zero-order valence-electron chi connectivity index (χ0n) is 15.3. The van der Waals surface area contributed by atoms with Gasteiger partial charge in [0.2, 0.25) is 11.8 Å². The number of amides is 2. The Morgan fingerprint density at radius 2 is 2.19 bits per heavy atom. The Kier molecular flexibility index (Phi) is 6.32. The van der Waals surface area contributed by atoms with Gasteiger partial charge in [-0.25, -0.2) is 0 Å². The summed E-state index contributed by atoms with van der Waals surface area (Å²) in [7, 11) is 0. The Balaban J connectivity index is 1.45. The number of nitrogens with zero attached hydrogens (tertiary/aromatic N) is 2. The zero-order chi connectivity index (χ0) is 18.4. The van der Waals surface area contributed by atoms with Gasteiger partial charge >= 0.3 is 0 Å². The van der Waals surface area contributed by atoms with Crippen molar-refractivity contribution in [1.29, 1.82) is 0 Å². The van der Waals surface area contributed by atoms with E-state index in [0.29, 0.717) is 25.9 Å². The van der Waals surface area contributed by atoms with Gasteiger partial charge in [0, 0.05) is 44.4 Å². The van der Waals surface area contributed by atoms with Crippen LogP contribution in [0.3, 0.4) is 0 Å². The molecule has 1 aromatic heterocycles. The fraction of sp³-hybridized carbons (Fsp3) is 0.684. The zero-order valence-corrected chi connectivity index (χ0v) is 15.3. The summed E-state index contributed by atoms with van der Waals surface area (Å²) >= 11 is 0. The number of carbonyl (C=O) groups is 2. The summed E-state index contributed by atoms with van der Waals surface area (Å²) in [4.78, 5) is 28.2. The third kappa shape index (κ3) is 4.86. The van der Waals surface area contributed by atoms with Crippen molar-refractivity contribution in [3.63, 3.8) is 0 Å². The number of nitrogens with one attached hydrogen (secondary N) is 1. The molecule has 7 nitrogen and oxygen atoms in total. The van der Waals surface area contributed by atoms with Gasteiger partial charge in [-0.1, -0.05) is 0 Å². The van der Waals surface area contributed by atoms with Gasteiger partial charge in [-0.15, -0.1) is 0 Å². The second-order valence-corrected chi connectivity index (χ2v) is 7.52. The monoisotopic (exact) mass is 363 g/mol. The quantitative estimate of drug-likeness (QED) is 0.754. The van der Waals surface area contributed by atoms with Gasteiger partial charge in [0.15, 0.2) is 0 Å². The first-order valence-corrected chi connectivity index (χ1v) is 9.50. The molecule has 3 rings (SSSR count). The number of furan rings is 1. The lowest BCUT2D eigenvalue weighted by Gasteiger charge is -2.48. The summed E-state index contributed by atoms with van der Waals surface area (Å²) in [5, 5.41) is 12.1. The van der Waals surface area contributed by atoms with Crippen molar-refractivity contribution in [2.75, 3.05) is 39.3 Å². The van der Waals surface area contributed by atoms with E-state index in [0.717, 1.165) is 51.2 Å². The van der Waals surface area contributed by atoms with E-state index in [1.54, 1.807) is 6.26 Å². The van der Waals surface area contributed by atoms with Crippen LogP contribution >= 0.6 is 0 Å². The molecule has 144 valence electrons. The molecule has 1 atom stereocenters. The standard InChI is InChI=1S/C19H29N3O4/c23-11-10-22-15-19(7-4-18(22)25)6-2-8-21(14-19)9-5-17(24)20-13-16-3-1-12-26-16/h1,3,12,23H,2,4-11,13-15H2,(H,20,24). The summed E-state index contributed by atoms with van der Waals surface area (Å²) in [6, 6.07) is 3.65. The lowest BCUT2D eigenvalue weighted by Crippen LogP contribution is -2.54. The number of aliphatic hydroxyl groups is 1. The van der Waals surface area contributed by atoms with E-state index in [2.05, 4.69) is 10.2 Å². The minimum Gasteiger partial charge on any atom is -0.467 e. The Morgan fingerprint density at radius 1 is 1.31 bits per heavy atom. The molecule has 26 heavy (non-hydrogen) atoms. The molecule has 2 aliphatic rings. The van der Waals surface area contributed by atoms with Gasteiger partial charge in [0.25, 0.3) is 0 Å². The molecule has 2 amide bonds. The van der Waals surface area contributed by atoms with Crippen molar-refractivity contribution < 1.29 is 19.1 Å². The smallest absolute Gasteiger partial charge is 0.222 e. The second kappa shape index (κ2) is 8.68. The van der Waals surface area contributed by atoms with Crippen molar-refractivity contribution in [2.24, 2.45) is 5.41 Å². The third-order valence-corrected chi connectivity index (χ3v) is 5.55. The number of likely N-dealkylation sites (tertiary alicyclic amines) is 2. The fourth-order valence-electron chi connectivity index (χ4n) is 4.21. The number of aliphatic hydroxyl groups excluding tert-OH is 1. The van der Waals surface area contributed by atoms with Crippen molar-refractivity contribution >= 4 is 11.8 Å². The van der Waals surface area contributed by atoms with Crippen molar-refractivity contribution in [2.45, 2.75) is 38.6 Å². The molecule has 3 heterocycles. The average molecular weight is 363 g/mol. The van der Waals surface area contributed by atoms with E-state index >= 15 is 0 Å². The Morgan fingerprint density at radius 3 is 2.96 bits per heavy atom. The minimum atomic E-state index is 0.0153. The highest BCUT2D eigenvalue weighted by molar-refractivity contribution is 5.77. The maximum Gasteiger partial charge on any atom is 0.222 e. The summed E-state index contributed by atoms with van der Waals surface area (Å²) in [6.07, 6.45) is 5.75. The molecular weight excluding hydrogens is 334 g/mol. The SMILES string of the molecule is O=C(CCN1CCCC2(CCC(=O)N(CCO)C2)C1)NCc1ccco1. The molecule has 2 N–H and O–H groups in total. The van der Waals surface area contributed by atoms with Crippen LogP contribution in [0.25, 0.3) is 0 Å². The topological polar surface area (TPSA) is 86.0 Å². The maximum absolute atomic E-state index is 12.1. The summed E-state index contributed by atoms with van der Waals surface area (Å²) in [5.41, 5.74) is 0.117. The first kappa shape index (κ1) is 18.9. The lowest BCUT2D eigenvalue weighted by atomic mass is 9.73. The highest BCUT2D eigenvalue weighted by Gasteiger charge is 2.41. The molecule has 1 spiro atoms. The van der Waals surface area contributed by atoms with Crippen LogP contribution in [0.15, 0.2) is 22.8 Å². The van der Waals surface area contributed by atoms with E-state index < -0.39 is 0 Å². The lowest BCUT2D eigenvalue weighted by molar-refractivity contribution is -0.140. The summed E-state index contributed by atoms with van der Waals surface area (Å²) in [6.45, 7) is 4.26. The molecule has 2 aliphatic heterocycles. The van der Waals surface area contributed by atoms with Crippen LogP contribution in [0.2, 0.25) is 0 Å². The van der Waals surface area contributed by atoms with Crippen molar-refractivity contribution in [3.8, 4) is 0 Å². The summed E-state index contributed by atoms with van der Waals surface area (Å²) < 4.78 is 5.22. The van der Waals surface area contributed by atoms with Gasteiger partial charge in [-0.05, 0) is 37.9 Å². The van der Waals surface area contributed by atoms with Gasteiger partial charge in [0.05, 0.1) is 19.4 Å². The molecule has 7 heteroatoms. The third-order valence-electron chi connectivity index (χ3n) is 5.55. The predicted molar refractivity (Wildman–Crippen MR) is 96.2 cm³/mol. The maximum atomic E-state index is 12.1. The fourth-order valence-corrected chi connectivity index (χ4v) is 4.21. The molecule has 0 bridgehead atoms. The molecule has 1 unspecified atom stereocenters. The van der Waals surface area contributed by atoms with E-state index in [9.17, 15) is 14.7 Å². The first-order chi connectivity index (χ1) is 12.6. The van der Waals surface area contributed by atoms with E-state index in [1.165, 1.54) is 0 Å². The Bertz CT molecular complexity index is 604. The largest absolute Gasteiger partial charge is 0.467 e. The van der Waals surface area contributed by atoms with Gasteiger partial charge in [-0.3, -0.25) is 9.59 Å². The van der Waals surface area contributed by atoms with Crippen LogP contribution in [-0.2, 0) is 16.1 Å². The highest BCUT2D eigenvalue weighted by Crippen LogP contribution is 2.38. The highest BCUT2D eigenvalue weighted by atomic mass is 16.3. The molecule has 1 aromatic rings. The number of hydrogen-bond donors (Lipinski definition) is 2. The molecular formula is C19H29N3O4. The van der Waals surface area contributed by atoms with Crippen LogP contribution in [0.1, 0.15) is 37.9 Å². The number of carbonyl (C=O) groups excluding carboxylic acids is 2. The van der Waals surface area contributed by atoms with Crippen LogP contribution in [0.5, 0.6) is 0 Å². The van der Waals surface area contributed by atoms with Crippen molar-refractivity contribution in [3.05, 3.63) is 24.2 Å². The second-order valence-electron chi connectivity index (χ2n) is 7.52. The van der Waals surface area contributed by atoms with E-state index in [1.807, 2.05) is 17.0 Å². The predicted octanol–water partition coefficient (Wildman–Crippen LogP) is 0.983. The number of β-amino-alcohol motifs (C(OH)–C–C–N with tert-alkyl or cyclic N) is 1. The molecule has 0 aliphatic carbocycles. The molecule has 0 saturated carbocycles. The van der Waals surface area contributed by atoms with Gasteiger partial charge in [0.1, 0.15) is 5.76 Å². The van der Waals surface area contributed by atoms with E-state index in [4.69, 9.17) is 4.42 Å². The van der Waals surface area contributed by atoms with E-state index in [-0.39, 0.29) is 23.8 Å². The molecule has 0 radical (unpaired) electrons.